The summed E-state index contributed by atoms with van der Waals surface area (Å²) in [6.45, 7) is 11.1. The van der Waals surface area contributed by atoms with Crippen LogP contribution >= 0.6 is 0 Å². The maximum absolute atomic E-state index is 11.7. The Morgan fingerprint density at radius 3 is 3.13 bits per heavy atom. The van der Waals surface area contributed by atoms with Crippen molar-refractivity contribution in [1.29, 1.82) is 0 Å². The molecular formula is C11H19N3O. The van der Waals surface area contributed by atoms with Gasteiger partial charge in [-0.25, -0.2) is 6.57 Å². The van der Waals surface area contributed by atoms with Gasteiger partial charge in [0.15, 0.2) is 0 Å². The molecule has 1 rings (SSSR count). The number of nitrogens with one attached hydrogen (secondary N) is 1. The molecule has 1 aliphatic heterocycles. The first-order valence-electron chi connectivity index (χ1n) is 5.66. The van der Waals surface area contributed by atoms with Crippen LogP contribution in [0.25, 0.3) is 4.85 Å². The highest BCUT2D eigenvalue weighted by Crippen LogP contribution is 2.17. The van der Waals surface area contributed by atoms with Gasteiger partial charge < -0.3 is 5.32 Å². The van der Waals surface area contributed by atoms with E-state index < -0.39 is 0 Å². The second kappa shape index (κ2) is 6.41. The summed E-state index contributed by atoms with van der Waals surface area (Å²) >= 11 is 0. The van der Waals surface area contributed by atoms with Crippen molar-refractivity contribution in [3.63, 3.8) is 0 Å². The Balaban J connectivity index is 2.25. The highest BCUT2D eigenvalue weighted by atomic mass is 16.2. The number of carbonyl (C=O) groups is 1. The highest BCUT2D eigenvalue weighted by molar-refractivity contribution is 5.79. The second-order valence-corrected chi connectivity index (χ2v) is 3.87. The number of hydrogen-bond donors (Lipinski definition) is 1. The summed E-state index contributed by atoms with van der Waals surface area (Å²) in [6.07, 6.45) is 3.83. The number of likely N-dealkylation sites (tertiary alicyclic amines) is 1. The second-order valence-electron chi connectivity index (χ2n) is 3.87. The van der Waals surface area contributed by atoms with E-state index in [9.17, 15) is 4.79 Å². The number of nitrogens with zero attached hydrogens (tertiary/aromatic N) is 2. The minimum Gasteiger partial charge on any atom is -0.308 e. The molecule has 0 aromatic carbocycles. The van der Waals surface area contributed by atoms with Gasteiger partial charge in [-0.3, -0.25) is 14.5 Å². The van der Waals surface area contributed by atoms with E-state index in [0.717, 1.165) is 38.8 Å². The predicted octanol–water partition coefficient (Wildman–Crippen LogP) is 1.24. The zero-order valence-corrected chi connectivity index (χ0v) is 9.33. The van der Waals surface area contributed by atoms with Gasteiger partial charge in [-0.05, 0) is 19.4 Å². The molecule has 1 aliphatic rings. The summed E-state index contributed by atoms with van der Waals surface area (Å²) in [7, 11) is 0. The van der Waals surface area contributed by atoms with Crippen molar-refractivity contribution < 1.29 is 4.79 Å². The normalized spacial score (nSPS) is 20.3. The van der Waals surface area contributed by atoms with Crippen LogP contribution in [0, 0.1) is 6.57 Å². The lowest BCUT2D eigenvalue weighted by Gasteiger charge is -2.16. The van der Waals surface area contributed by atoms with Gasteiger partial charge >= 0.3 is 6.17 Å². The SMILES string of the molecule is [C-]#[N+][C@@H]1CCCN1C(=O)CNCCCC. The molecule has 0 radical (unpaired) electrons. The van der Waals surface area contributed by atoms with Crippen LogP contribution in [0.2, 0.25) is 0 Å². The molecule has 0 aromatic heterocycles. The Morgan fingerprint density at radius 2 is 2.47 bits per heavy atom. The number of amides is 1. The van der Waals surface area contributed by atoms with E-state index >= 15 is 0 Å². The predicted molar refractivity (Wildman–Crippen MR) is 59.1 cm³/mol. The van der Waals surface area contributed by atoms with Crippen LogP contribution in [0.3, 0.4) is 0 Å². The zero-order valence-electron chi connectivity index (χ0n) is 9.33. The Morgan fingerprint density at radius 1 is 1.67 bits per heavy atom. The molecule has 1 saturated heterocycles. The molecule has 1 amide bonds. The smallest absolute Gasteiger partial charge is 0.300 e. The van der Waals surface area contributed by atoms with E-state index in [4.69, 9.17) is 6.57 Å². The molecule has 0 aromatic rings. The van der Waals surface area contributed by atoms with Crippen molar-refractivity contribution in [3.05, 3.63) is 11.4 Å². The van der Waals surface area contributed by atoms with Crippen LogP contribution < -0.4 is 5.32 Å². The lowest BCUT2D eigenvalue weighted by Crippen LogP contribution is -2.40. The molecule has 0 saturated carbocycles. The highest BCUT2D eigenvalue weighted by Gasteiger charge is 2.32. The Kier molecular flexibility index (Phi) is 5.13. The molecule has 15 heavy (non-hydrogen) atoms. The Bertz CT molecular complexity index is 247. The fourth-order valence-electron chi connectivity index (χ4n) is 1.77. The third-order valence-corrected chi connectivity index (χ3v) is 2.67. The summed E-state index contributed by atoms with van der Waals surface area (Å²) in [5.74, 6) is 0.0737. The summed E-state index contributed by atoms with van der Waals surface area (Å²) in [6, 6.07) is 0. The topological polar surface area (TPSA) is 36.7 Å². The molecule has 84 valence electrons. The van der Waals surface area contributed by atoms with Crippen LogP contribution in [0.15, 0.2) is 0 Å². The van der Waals surface area contributed by atoms with E-state index in [2.05, 4.69) is 17.1 Å². The first kappa shape index (κ1) is 12.0. The van der Waals surface area contributed by atoms with Crippen LogP contribution in [-0.2, 0) is 4.79 Å². The molecule has 0 unspecified atom stereocenters. The van der Waals surface area contributed by atoms with E-state index in [0.29, 0.717) is 6.54 Å². The number of carbonyl (C=O) groups excluding carboxylic acids is 1. The Labute approximate surface area is 91.5 Å². The van der Waals surface area contributed by atoms with Crippen molar-refractivity contribution in [2.75, 3.05) is 19.6 Å². The van der Waals surface area contributed by atoms with Crippen molar-refractivity contribution >= 4 is 5.91 Å². The van der Waals surface area contributed by atoms with Crippen molar-refractivity contribution in [1.82, 2.24) is 10.2 Å². The van der Waals surface area contributed by atoms with Gasteiger partial charge in [0.2, 0.25) is 5.91 Å². The maximum atomic E-state index is 11.7. The maximum Gasteiger partial charge on any atom is 0.300 e. The third kappa shape index (κ3) is 3.52. The molecule has 1 fully saturated rings. The van der Waals surface area contributed by atoms with Crippen LogP contribution in [0.1, 0.15) is 32.6 Å². The van der Waals surface area contributed by atoms with E-state index in [1.165, 1.54) is 0 Å². The number of rotatable bonds is 5. The van der Waals surface area contributed by atoms with Gasteiger partial charge in [-0.1, -0.05) is 13.3 Å². The van der Waals surface area contributed by atoms with Crippen LogP contribution in [-0.4, -0.2) is 36.6 Å². The molecular weight excluding hydrogens is 190 g/mol. The van der Waals surface area contributed by atoms with Crippen LogP contribution in [0.5, 0.6) is 0 Å². The lowest BCUT2D eigenvalue weighted by atomic mass is 10.3. The number of unbranched alkanes of at least 4 members (excludes halogenated alkanes) is 1. The van der Waals surface area contributed by atoms with Crippen molar-refractivity contribution in [3.8, 4) is 0 Å². The van der Waals surface area contributed by atoms with E-state index in [1.807, 2.05) is 0 Å². The summed E-state index contributed by atoms with van der Waals surface area (Å²) < 4.78 is 0. The lowest BCUT2D eigenvalue weighted by molar-refractivity contribution is -0.130. The number of hydrogen-bond acceptors (Lipinski definition) is 2. The molecule has 0 bridgehead atoms. The van der Waals surface area contributed by atoms with Gasteiger partial charge in [0.1, 0.15) is 0 Å². The third-order valence-electron chi connectivity index (χ3n) is 2.67. The molecule has 0 aliphatic carbocycles. The first-order chi connectivity index (χ1) is 7.29. The Hall–Kier alpha value is -1.08. The standard InChI is InChI=1S/C11H19N3O/c1-3-4-7-13-9-11(15)14-8-5-6-10(14)12-2/h10,13H,3-9H2,1H3/t10-/m0/s1. The summed E-state index contributed by atoms with van der Waals surface area (Å²) in [5.41, 5.74) is 0. The summed E-state index contributed by atoms with van der Waals surface area (Å²) in [5, 5.41) is 3.11. The van der Waals surface area contributed by atoms with E-state index in [-0.39, 0.29) is 12.1 Å². The van der Waals surface area contributed by atoms with Gasteiger partial charge in [-0.2, -0.15) is 0 Å². The van der Waals surface area contributed by atoms with Gasteiger partial charge in [-0.15, -0.1) is 0 Å². The fourth-order valence-corrected chi connectivity index (χ4v) is 1.77. The van der Waals surface area contributed by atoms with Gasteiger partial charge in [0, 0.05) is 13.0 Å². The van der Waals surface area contributed by atoms with Crippen molar-refractivity contribution in [2.24, 2.45) is 0 Å². The fraction of sp³-hybridized carbons (Fsp3) is 0.818. The molecule has 4 heteroatoms. The van der Waals surface area contributed by atoms with Gasteiger partial charge in [0.05, 0.1) is 6.54 Å². The minimum atomic E-state index is -0.203. The van der Waals surface area contributed by atoms with E-state index in [1.54, 1.807) is 4.90 Å². The summed E-state index contributed by atoms with van der Waals surface area (Å²) in [4.78, 5) is 16.9. The molecule has 1 heterocycles. The monoisotopic (exact) mass is 209 g/mol. The van der Waals surface area contributed by atoms with Gasteiger partial charge in [0.25, 0.3) is 0 Å². The molecule has 4 nitrogen and oxygen atoms in total. The zero-order chi connectivity index (χ0) is 11.1. The average molecular weight is 209 g/mol. The minimum absolute atomic E-state index is 0.0737. The van der Waals surface area contributed by atoms with Crippen molar-refractivity contribution in [2.45, 2.75) is 38.8 Å². The first-order valence-corrected chi connectivity index (χ1v) is 5.66. The largest absolute Gasteiger partial charge is 0.308 e. The quantitative estimate of drug-likeness (QED) is 0.546. The average Bonchev–Trinajstić information content (AvgIpc) is 2.72. The molecule has 1 atom stereocenters. The van der Waals surface area contributed by atoms with Crippen LogP contribution in [0.4, 0.5) is 0 Å². The molecule has 0 spiro atoms. The molecule has 1 N–H and O–H groups in total.